The first kappa shape index (κ1) is 20.5. The topological polar surface area (TPSA) is 92.5 Å². The Morgan fingerprint density at radius 3 is 2.43 bits per heavy atom. The molecule has 30 heavy (non-hydrogen) atoms. The van der Waals surface area contributed by atoms with E-state index in [1.54, 1.807) is 29.5 Å². The molecule has 0 bridgehead atoms. The molecule has 1 aromatic heterocycles. The molecule has 9 heteroatoms. The van der Waals surface area contributed by atoms with Crippen LogP contribution in [0.1, 0.15) is 48.6 Å². The van der Waals surface area contributed by atoms with Gasteiger partial charge in [0.1, 0.15) is 5.01 Å². The van der Waals surface area contributed by atoms with E-state index in [9.17, 15) is 14.9 Å². The Labute approximate surface area is 179 Å². The summed E-state index contributed by atoms with van der Waals surface area (Å²) in [4.78, 5) is 26.8. The number of nitro benzene ring substituents is 1. The van der Waals surface area contributed by atoms with E-state index in [1.165, 1.54) is 50.3 Å². The number of non-ortho nitro benzene ring substituents is 1. The van der Waals surface area contributed by atoms with E-state index in [0.29, 0.717) is 19.0 Å². The minimum atomic E-state index is -0.436. The largest absolute Gasteiger partial charge is 0.343 e. The lowest BCUT2D eigenvalue weighted by Crippen LogP contribution is -2.48. The monoisotopic (exact) mass is 427 g/mol. The Bertz CT molecular complexity index is 913. The van der Waals surface area contributed by atoms with Crippen LogP contribution in [0.3, 0.4) is 0 Å². The zero-order valence-electron chi connectivity index (χ0n) is 16.8. The van der Waals surface area contributed by atoms with Gasteiger partial charge in [-0.15, -0.1) is 10.2 Å². The Kier molecular flexibility index (Phi) is 6.37. The summed E-state index contributed by atoms with van der Waals surface area (Å²) in [5.41, 5.74) is 0.801. The van der Waals surface area contributed by atoms with Crippen molar-refractivity contribution in [2.75, 3.05) is 31.1 Å². The predicted octanol–water partition coefficient (Wildman–Crippen LogP) is 3.86. The molecule has 2 aliphatic rings. The molecule has 1 aromatic carbocycles. The molecular weight excluding hydrogens is 402 g/mol. The van der Waals surface area contributed by atoms with Crippen LogP contribution in [0, 0.1) is 10.1 Å². The smallest absolute Gasteiger partial charge is 0.269 e. The summed E-state index contributed by atoms with van der Waals surface area (Å²) in [6, 6.07) is 6.15. The molecule has 1 aliphatic carbocycles. The molecule has 4 rings (SSSR count). The third kappa shape index (κ3) is 4.84. The van der Waals surface area contributed by atoms with Crippen molar-refractivity contribution in [2.45, 2.75) is 38.0 Å². The number of hydrogen-bond donors (Lipinski definition) is 0. The lowest BCUT2D eigenvalue weighted by molar-refractivity contribution is -0.384. The van der Waals surface area contributed by atoms with Gasteiger partial charge in [0.05, 0.1) is 4.92 Å². The summed E-state index contributed by atoms with van der Waals surface area (Å²) >= 11 is 1.70. The number of anilines is 1. The van der Waals surface area contributed by atoms with Crippen LogP contribution in [0.4, 0.5) is 10.8 Å². The second kappa shape index (κ2) is 9.34. The van der Waals surface area contributed by atoms with Crippen molar-refractivity contribution in [2.24, 2.45) is 0 Å². The molecule has 0 radical (unpaired) electrons. The highest BCUT2D eigenvalue weighted by molar-refractivity contribution is 7.15. The minimum absolute atomic E-state index is 0.0397. The molecule has 2 heterocycles. The standard InChI is InChI=1S/C21H25N5O3S/c27-19(11-8-16-6-9-18(10-7-16)26(28)29)24-12-14-25(15-13-24)21-23-22-20(30-21)17-4-2-1-3-5-17/h6-11,17H,1-5,12-15H2/b11-8+. The van der Waals surface area contributed by atoms with Gasteiger partial charge in [-0.1, -0.05) is 30.6 Å². The highest BCUT2D eigenvalue weighted by Crippen LogP contribution is 2.36. The number of rotatable bonds is 5. The van der Waals surface area contributed by atoms with Crippen molar-refractivity contribution in [3.63, 3.8) is 0 Å². The second-order valence-electron chi connectivity index (χ2n) is 7.75. The van der Waals surface area contributed by atoms with Gasteiger partial charge in [0, 0.05) is 50.3 Å². The molecular formula is C21H25N5O3S. The number of hydrogen-bond acceptors (Lipinski definition) is 7. The number of piperazine rings is 1. The third-order valence-electron chi connectivity index (χ3n) is 5.77. The first-order valence-electron chi connectivity index (χ1n) is 10.4. The lowest BCUT2D eigenvalue weighted by Gasteiger charge is -2.33. The van der Waals surface area contributed by atoms with Crippen molar-refractivity contribution >= 4 is 34.1 Å². The van der Waals surface area contributed by atoms with Gasteiger partial charge in [-0.05, 0) is 36.6 Å². The summed E-state index contributed by atoms with van der Waals surface area (Å²) in [7, 11) is 0. The Balaban J connectivity index is 1.29. The van der Waals surface area contributed by atoms with E-state index in [2.05, 4.69) is 15.1 Å². The minimum Gasteiger partial charge on any atom is -0.343 e. The fourth-order valence-corrected chi connectivity index (χ4v) is 5.03. The highest BCUT2D eigenvalue weighted by atomic mass is 32.1. The van der Waals surface area contributed by atoms with Gasteiger partial charge in [0.25, 0.3) is 5.69 Å². The van der Waals surface area contributed by atoms with Crippen LogP contribution in [0.5, 0.6) is 0 Å². The number of aromatic nitrogens is 2. The number of nitro groups is 1. The van der Waals surface area contributed by atoms with Crippen LogP contribution in [0.25, 0.3) is 6.08 Å². The average molecular weight is 428 g/mol. The van der Waals surface area contributed by atoms with Gasteiger partial charge >= 0.3 is 0 Å². The highest BCUT2D eigenvalue weighted by Gasteiger charge is 2.24. The van der Waals surface area contributed by atoms with Crippen LogP contribution in [-0.4, -0.2) is 52.1 Å². The van der Waals surface area contributed by atoms with Gasteiger partial charge in [0.15, 0.2) is 0 Å². The van der Waals surface area contributed by atoms with E-state index in [-0.39, 0.29) is 11.6 Å². The Hall–Kier alpha value is -2.81. The first-order valence-corrected chi connectivity index (χ1v) is 11.2. The molecule has 0 atom stereocenters. The van der Waals surface area contributed by atoms with Crippen LogP contribution < -0.4 is 4.90 Å². The van der Waals surface area contributed by atoms with Gasteiger partial charge in [-0.25, -0.2) is 0 Å². The molecule has 158 valence electrons. The normalized spacial score (nSPS) is 18.1. The second-order valence-corrected chi connectivity index (χ2v) is 8.74. The average Bonchev–Trinajstić information content (AvgIpc) is 3.29. The molecule has 1 saturated carbocycles. The Morgan fingerprint density at radius 1 is 1.07 bits per heavy atom. The van der Waals surface area contributed by atoms with Crippen molar-refractivity contribution in [3.8, 4) is 0 Å². The number of amides is 1. The predicted molar refractivity (Wildman–Crippen MR) is 117 cm³/mol. The first-order chi connectivity index (χ1) is 14.6. The van der Waals surface area contributed by atoms with E-state index in [1.807, 2.05) is 4.90 Å². The fourth-order valence-electron chi connectivity index (χ4n) is 3.97. The summed E-state index contributed by atoms with van der Waals surface area (Å²) in [5, 5.41) is 21.7. The molecule has 2 aromatic rings. The molecule has 0 spiro atoms. The third-order valence-corrected chi connectivity index (χ3v) is 6.92. The maximum absolute atomic E-state index is 12.5. The molecule has 8 nitrogen and oxygen atoms in total. The zero-order valence-corrected chi connectivity index (χ0v) is 17.6. The molecule has 0 N–H and O–H groups in total. The molecule has 1 aliphatic heterocycles. The fraction of sp³-hybridized carbons (Fsp3) is 0.476. The van der Waals surface area contributed by atoms with Crippen molar-refractivity contribution < 1.29 is 9.72 Å². The van der Waals surface area contributed by atoms with Gasteiger partial charge < -0.3 is 9.80 Å². The van der Waals surface area contributed by atoms with Crippen molar-refractivity contribution in [1.82, 2.24) is 15.1 Å². The summed E-state index contributed by atoms with van der Waals surface area (Å²) in [5.74, 6) is 0.519. The quantitative estimate of drug-likeness (QED) is 0.409. The van der Waals surface area contributed by atoms with Crippen LogP contribution in [0.2, 0.25) is 0 Å². The van der Waals surface area contributed by atoms with Crippen LogP contribution in [-0.2, 0) is 4.79 Å². The molecule has 2 fully saturated rings. The summed E-state index contributed by atoms with van der Waals surface area (Å²) in [6.07, 6.45) is 9.57. The van der Waals surface area contributed by atoms with Gasteiger partial charge in [-0.2, -0.15) is 0 Å². The van der Waals surface area contributed by atoms with Crippen LogP contribution >= 0.6 is 11.3 Å². The van der Waals surface area contributed by atoms with E-state index >= 15 is 0 Å². The Morgan fingerprint density at radius 2 is 1.77 bits per heavy atom. The van der Waals surface area contributed by atoms with Crippen LogP contribution in [0.15, 0.2) is 30.3 Å². The SMILES string of the molecule is O=C(/C=C/c1ccc([N+](=O)[O-])cc1)N1CCN(c2nnc(C3CCCCC3)s2)CC1. The molecule has 1 amide bonds. The number of benzene rings is 1. The van der Waals surface area contributed by atoms with E-state index < -0.39 is 4.92 Å². The number of carbonyl (C=O) groups is 1. The summed E-state index contributed by atoms with van der Waals surface area (Å²) in [6.45, 7) is 2.77. The molecule has 1 saturated heterocycles. The maximum atomic E-state index is 12.5. The number of nitrogens with zero attached hydrogens (tertiary/aromatic N) is 5. The van der Waals surface area contributed by atoms with Crippen molar-refractivity contribution in [1.29, 1.82) is 0 Å². The molecule has 0 unspecified atom stereocenters. The van der Waals surface area contributed by atoms with Gasteiger partial charge in [-0.3, -0.25) is 14.9 Å². The summed E-state index contributed by atoms with van der Waals surface area (Å²) < 4.78 is 0. The zero-order chi connectivity index (χ0) is 20.9. The lowest BCUT2D eigenvalue weighted by atomic mass is 9.90. The van der Waals surface area contributed by atoms with Gasteiger partial charge in [0.2, 0.25) is 11.0 Å². The van der Waals surface area contributed by atoms with E-state index in [4.69, 9.17) is 0 Å². The van der Waals surface area contributed by atoms with E-state index in [0.717, 1.165) is 28.8 Å². The number of carbonyl (C=O) groups excluding carboxylic acids is 1. The van der Waals surface area contributed by atoms with Crippen molar-refractivity contribution in [3.05, 3.63) is 51.0 Å². The maximum Gasteiger partial charge on any atom is 0.269 e.